The molecule has 1 aromatic heterocycles. The number of amides is 1. The van der Waals surface area contributed by atoms with Crippen LogP contribution < -0.4 is 10.6 Å². The molecule has 3 N–H and O–H groups in total. The van der Waals surface area contributed by atoms with Crippen LogP contribution in [0.2, 0.25) is 5.02 Å². The van der Waals surface area contributed by atoms with E-state index in [1.807, 2.05) is 30.3 Å². The van der Waals surface area contributed by atoms with Crippen molar-refractivity contribution in [2.45, 2.75) is 12.2 Å². The van der Waals surface area contributed by atoms with Crippen LogP contribution in [0.25, 0.3) is 0 Å². The molecule has 0 bridgehead atoms. The van der Waals surface area contributed by atoms with Crippen molar-refractivity contribution >= 4 is 23.2 Å². The largest absolute Gasteiger partial charge is 0.463 e. The van der Waals surface area contributed by atoms with Crippen molar-refractivity contribution in [2.75, 3.05) is 11.9 Å². The van der Waals surface area contributed by atoms with Crippen molar-refractivity contribution in [2.24, 2.45) is 0 Å². The van der Waals surface area contributed by atoms with Gasteiger partial charge in [0.05, 0.1) is 16.8 Å². The summed E-state index contributed by atoms with van der Waals surface area (Å²) in [6.45, 7) is -0.00968. The Kier molecular flexibility index (Phi) is 6.06. The first-order valence-electron chi connectivity index (χ1n) is 8.43. The molecular weight excluding hydrogens is 393 g/mol. The van der Waals surface area contributed by atoms with Gasteiger partial charge in [0.25, 0.3) is 5.91 Å². The molecule has 1 amide bonds. The van der Waals surface area contributed by atoms with Gasteiger partial charge in [-0.2, -0.15) is 13.2 Å². The van der Waals surface area contributed by atoms with Crippen molar-refractivity contribution in [1.29, 1.82) is 0 Å². The van der Waals surface area contributed by atoms with Crippen LogP contribution in [0, 0.1) is 0 Å². The molecule has 146 valence electrons. The summed E-state index contributed by atoms with van der Waals surface area (Å²) in [5.41, 5.74) is -0.0193. The van der Waals surface area contributed by atoms with E-state index in [0.29, 0.717) is 5.76 Å². The molecule has 4 nitrogen and oxygen atoms in total. The second-order valence-electron chi connectivity index (χ2n) is 6.08. The van der Waals surface area contributed by atoms with Gasteiger partial charge in [0, 0.05) is 11.3 Å². The number of hydrogen-bond donors (Lipinski definition) is 2. The summed E-state index contributed by atoms with van der Waals surface area (Å²) >= 11 is 5.60. The van der Waals surface area contributed by atoms with Crippen LogP contribution in [0.4, 0.5) is 18.9 Å². The first kappa shape index (κ1) is 20.0. The molecule has 0 aliphatic rings. The summed E-state index contributed by atoms with van der Waals surface area (Å²) < 4.78 is 44.3. The number of nitrogens with two attached hydrogens (primary N) is 1. The number of nitrogens with one attached hydrogen (secondary N) is 1. The van der Waals surface area contributed by atoms with E-state index in [1.165, 1.54) is 6.07 Å². The zero-order valence-corrected chi connectivity index (χ0v) is 15.3. The van der Waals surface area contributed by atoms with Crippen molar-refractivity contribution < 1.29 is 27.7 Å². The van der Waals surface area contributed by atoms with E-state index in [-0.39, 0.29) is 18.3 Å². The maximum atomic E-state index is 13.0. The molecular formula is C20H17ClF3N2O2+. The van der Waals surface area contributed by atoms with Crippen LogP contribution >= 0.6 is 11.6 Å². The second-order valence-corrected chi connectivity index (χ2v) is 6.49. The molecule has 0 aliphatic heterocycles. The lowest BCUT2D eigenvalue weighted by Crippen LogP contribution is -2.87. The van der Waals surface area contributed by atoms with Crippen molar-refractivity contribution in [3.63, 3.8) is 0 Å². The van der Waals surface area contributed by atoms with Crippen LogP contribution in [0.3, 0.4) is 0 Å². The van der Waals surface area contributed by atoms with Crippen LogP contribution in [0.15, 0.2) is 71.3 Å². The molecule has 28 heavy (non-hydrogen) atoms. The predicted molar refractivity (Wildman–Crippen MR) is 98.9 cm³/mol. The highest BCUT2D eigenvalue weighted by Gasteiger charge is 2.33. The fourth-order valence-electron chi connectivity index (χ4n) is 2.80. The molecule has 0 saturated heterocycles. The summed E-state index contributed by atoms with van der Waals surface area (Å²) in [7, 11) is 0. The van der Waals surface area contributed by atoms with E-state index in [0.717, 1.165) is 17.7 Å². The summed E-state index contributed by atoms with van der Waals surface area (Å²) in [6, 6.07) is 16.0. The number of carbonyl (C=O) groups is 1. The van der Waals surface area contributed by atoms with E-state index in [9.17, 15) is 18.0 Å². The highest BCUT2D eigenvalue weighted by molar-refractivity contribution is 6.31. The molecule has 0 aliphatic carbocycles. The van der Waals surface area contributed by atoms with Crippen molar-refractivity contribution in [3.8, 4) is 0 Å². The van der Waals surface area contributed by atoms with Gasteiger partial charge in [-0.3, -0.25) is 4.79 Å². The Hall–Kier alpha value is -2.77. The van der Waals surface area contributed by atoms with Crippen LogP contribution in [-0.2, 0) is 11.0 Å². The maximum absolute atomic E-state index is 13.0. The third-order valence-electron chi connectivity index (χ3n) is 4.10. The van der Waals surface area contributed by atoms with Gasteiger partial charge >= 0.3 is 6.18 Å². The molecule has 3 aromatic rings. The Bertz CT molecular complexity index is 928. The average Bonchev–Trinajstić information content (AvgIpc) is 3.18. The standard InChI is InChI=1S/C20H16ClF3N2O2/c21-16-9-8-14(11-15(16)20(22,23)24)26-18(27)12-25-19(17-7-4-10-28-17)13-5-2-1-3-6-13/h1-11,19,25H,12H2,(H,26,27)/p+1/t19-/m0/s1. The van der Waals surface area contributed by atoms with Gasteiger partial charge in [-0.1, -0.05) is 41.9 Å². The van der Waals surface area contributed by atoms with Crippen LogP contribution in [0.1, 0.15) is 22.9 Å². The monoisotopic (exact) mass is 409 g/mol. The van der Waals surface area contributed by atoms with E-state index in [1.54, 1.807) is 23.7 Å². The van der Waals surface area contributed by atoms with E-state index < -0.39 is 22.7 Å². The zero-order valence-electron chi connectivity index (χ0n) is 14.5. The SMILES string of the molecule is O=C(C[NH2+][C@@H](c1ccccc1)c1ccco1)Nc1ccc(Cl)c(C(F)(F)F)c1. The Labute approximate surface area is 164 Å². The van der Waals surface area contributed by atoms with Crippen LogP contribution in [0.5, 0.6) is 0 Å². The minimum absolute atomic E-state index is 0.00968. The molecule has 0 unspecified atom stereocenters. The van der Waals surface area contributed by atoms with Crippen molar-refractivity contribution in [1.82, 2.24) is 0 Å². The molecule has 0 radical (unpaired) electrons. The molecule has 3 rings (SSSR count). The molecule has 0 spiro atoms. The average molecular weight is 410 g/mol. The summed E-state index contributed by atoms with van der Waals surface area (Å²) in [5, 5.41) is 3.81. The number of alkyl halides is 3. The quantitative estimate of drug-likeness (QED) is 0.639. The number of hydrogen-bond acceptors (Lipinski definition) is 2. The predicted octanol–water partition coefficient (Wildman–Crippen LogP) is 4.24. The lowest BCUT2D eigenvalue weighted by atomic mass is 10.0. The van der Waals surface area contributed by atoms with E-state index >= 15 is 0 Å². The van der Waals surface area contributed by atoms with Crippen LogP contribution in [-0.4, -0.2) is 12.5 Å². The van der Waals surface area contributed by atoms with Gasteiger partial charge in [0.1, 0.15) is 0 Å². The first-order valence-corrected chi connectivity index (χ1v) is 8.80. The number of benzene rings is 2. The van der Waals surface area contributed by atoms with Gasteiger partial charge in [-0.15, -0.1) is 0 Å². The lowest BCUT2D eigenvalue weighted by molar-refractivity contribution is -0.678. The van der Waals surface area contributed by atoms with Gasteiger partial charge in [-0.25, -0.2) is 0 Å². The minimum Gasteiger partial charge on any atom is -0.463 e. The molecule has 1 heterocycles. The summed E-state index contributed by atoms with van der Waals surface area (Å²) in [4.78, 5) is 12.3. The van der Waals surface area contributed by atoms with Gasteiger partial charge in [0.2, 0.25) is 0 Å². The second kappa shape index (κ2) is 8.50. The zero-order chi connectivity index (χ0) is 20.1. The summed E-state index contributed by atoms with van der Waals surface area (Å²) in [5.74, 6) is 0.229. The molecule has 0 saturated carbocycles. The summed E-state index contributed by atoms with van der Waals surface area (Å²) in [6.07, 6.45) is -3.05. The number of halogens is 4. The lowest BCUT2D eigenvalue weighted by Gasteiger charge is -2.14. The molecule has 0 fully saturated rings. The van der Waals surface area contributed by atoms with E-state index in [2.05, 4.69) is 5.32 Å². The molecule has 8 heteroatoms. The molecule has 1 atom stereocenters. The normalized spacial score (nSPS) is 12.6. The third kappa shape index (κ3) is 4.94. The highest BCUT2D eigenvalue weighted by Crippen LogP contribution is 2.36. The highest BCUT2D eigenvalue weighted by atomic mass is 35.5. The fourth-order valence-corrected chi connectivity index (χ4v) is 3.03. The van der Waals surface area contributed by atoms with Gasteiger partial charge < -0.3 is 15.1 Å². The maximum Gasteiger partial charge on any atom is 0.417 e. The van der Waals surface area contributed by atoms with Gasteiger partial charge in [-0.05, 0) is 30.3 Å². The number of carbonyl (C=O) groups excluding carboxylic acids is 1. The number of anilines is 1. The number of rotatable bonds is 6. The van der Waals surface area contributed by atoms with E-state index in [4.69, 9.17) is 16.0 Å². The Morgan fingerprint density at radius 3 is 2.50 bits per heavy atom. The number of quaternary nitrogens is 1. The number of furan rings is 1. The Balaban J connectivity index is 1.69. The topological polar surface area (TPSA) is 58.9 Å². The van der Waals surface area contributed by atoms with Gasteiger partial charge in [0.15, 0.2) is 18.3 Å². The van der Waals surface area contributed by atoms with Crippen molar-refractivity contribution in [3.05, 3.63) is 88.8 Å². The Morgan fingerprint density at radius 2 is 1.86 bits per heavy atom. The smallest absolute Gasteiger partial charge is 0.417 e. The minimum atomic E-state index is -4.60. The fraction of sp³-hybridized carbons (Fsp3) is 0.150. The third-order valence-corrected chi connectivity index (χ3v) is 4.43. The Morgan fingerprint density at radius 1 is 1.11 bits per heavy atom. The molecule has 2 aromatic carbocycles. The first-order chi connectivity index (χ1) is 13.3.